The van der Waals surface area contributed by atoms with Crippen LogP contribution in [0, 0.1) is 12.7 Å². The van der Waals surface area contributed by atoms with Crippen molar-refractivity contribution in [2.75, 3.05) is 5.32 Å². The van der Waals surface area contributed by atoms with Crippen molar-refractivity contribution in [3.63, 3.8) is 0 Å². The summed E-state index contributed by atoms with van der Waals surface area (Å²) in [5.41, 5.74) is 1.54. The van der Waals surface area contributed by atoms with Crippen LogP contribution in [0.2, 0.25) is 0 Å². The number of carbonyl (C=O) groups is 2. The van der Waals surface area contributed by atoms with Crippen molar-refractivity contribution in [2.45, 2.75) is 13.8 Å². The van der Waals surface area contributed by atoms with E-state index in [0.29, 0.717) is 16.8 Å². The fourth-order valence-electron chi connectivity index (χ4n) is 1.83. The van der Waals surface area contributed by atoms with E-state index in [2.05, 4.69) is 5.32 Å². The molecule has 2 aromatic carbocycles. The second-order valence-corrected chi connectivity index (χ2v) is 4.52. The molecular formula is C16H14FNO2. The molecule has 0 radical (unpaired) electrons. The fraction of sp³-hybridized carbons (Fsp3) is 0.125. The van der Waals surface area contributed by atoms with Crippen molar-refractivity contribution in [2.24, 2.45) is 0 Å². The van der Waals surface area contributed by atoms with Gasteiger partial charge in [-0.2, -0.15) is 0 Å². The van der Waals surface area contributed by atoms with Crippen molar-refractivity contribution in [1.29, 1.82) is 0 Å². The zero-order chi connectivity index (χ0) is 14.7. The molecule has 0 saturated carbocycles. The predicted molar refractivity (Wildman–Crippen MR) is 75.5 cm³/mol. The van der Waals surface area contributed by atoms with Crippen molar-refractivity contribution in [3.8, 4) is 0 Å². The van der Waals surface area contributed by atoms with Gasteiger partial charge in [0.1, 0.15) is 5.82 Å². The van der Waals surface area contributed by atoms with Crippen molar-refractivity contribution in [3.05, 3.63) is 65.0 Å². The summed E-state index contributed by atoms with van der Waals surface area (Å²) in [6, 6.07) is 11.0. The first-order valence-corrected chi connectivity index (χ1v) is 6.16. The Morgan fingerprint density at radius 2 is 1.80 bits per heavy atom. The van der Waals surface area contributed by atoms with Gasteiger partial charge >= 0.3 is 0 Å². The molecule has 0 aliphatic carbocycles. The van der Waals surface area contributed by atoms with Crippen LogP contribution in [0.5, 0.6) is 0 Å². The van der Waals surface area contributed by atoms with E-state index in [1.807, 2.05) is 0 Å². The van der Waals surface area contributed by atoms with Crippen LogP contribution in [0.15, 0.2) is 42.5 Å². The SMILES string of the molecule is CC(=O)c1ccccc1NC(=O)c1ccc(C)c(F)c1. The molecule has 3 nitrogen and oxygen atoms in total. The molecule has 0 fully saturated rings. The first-order valence-electron chi connectivity index (χ1n) is 6.16. The number of aryl methyl sites for hydroxylation is 1. The lowest BCUT2D eigenvalue weighted by Crippen LogP contribution is -2.14. The molecule has 0 aliphatic heterocycles. The Kier molecular flexibility index (Phi) is 3.94. The lowest BCUT2D eigenvalue weighted by molar-refractivity contribution is 0.101. The van der Waals surface area contributed by atoms with Gasteiger partial charge in [0.15, 0.2) is 5.78 Å². The highest BCUT2D eigenvalue weighted by molar-refractivity contribution is 6.08. The molecule has 2 rings (SSSR count). The van der Waals surface area contributed by atoms with E-state index in [0.717, 1.165) is 0 Å². The van der Waals surface area contributed by atoms with Crippen LogP contribution < -0.4 is 5.32 Å². The largest absolute Gasteiger partial charge is 0.321 e. The molecular weight excluding hydrogens is 257 g/mol. The Morgan fingerprint density at radius 1 is 1.10 bits per heavy atom. The number of hydrogen-bond acceptors (Lipinski definition) is 2. The summed E-state index contributed by atoms with van der Waals surface area (Å²) in [7, 11) is 0. The van der Waals surface area contributed by atoms with Crippen LogP contribution in [0.25, 0.3) is 0 Å². The molecule has 20 heavy (non-hydrogen) atoms. The Labute approximate surface area is 116 Å². The van der Waals surface area contributed by atoms with E-state index in [1.165, 1.54) is 13.0 Å². The topological polar surface area (TPSA) is 46.2 Å². The monoisotopic (exact) mass is 271 g/mol. The molecule has 0 unspecified atom stereocenters. The third-order valence-electron chi connectivity index (χ3n) is 2.99. The summed E-state index contributed by atoms with van der Waals surface area (Å²) >= 11 is 0. The van der Waals surface area contributed by atoms with Crippen LogP contribution >= 0.6 is 0 Å². The molecule has 0 heterocycles. The van der Waals surface area contributed by atoms with Crippen molar-refractivity contribution in [1.82, 2.24) is 0 Å². The zero-order valence-electron chi connectivity index (χ0n) is 11.2. The molecule has 2 aromatic rings. The highest BCUT2D eigenvalue weighted by atomic mass is 19.1. The Balaban J connectivity index is 2.28. The van der Waals surface area contributed by atoms with Gasteiger partial charge in [0.25, 0.3) is 5.91 Å². The lowest BCUT2D eigenvalue weighted by atomic mass is 10.1. The number of para-hydroxylation sites is 1. The number of nitrogens with one attached hydrogen (secondary N) is 1. The average Bonchev–Trinajstić information content (AvgIpc) is 2.42. The summed E-state index contributed by atoms with van der Waals surface area (Å²) in [6.45, 7) is 3.05. The molecule has 4 heteroatoms. The first-order chi connectivity index (χ1) is 9.49. The highest BCUT2D eigenvalue weighted by Crippen LogP contribution is 2.17. The van der Waals surface area contributed by atoms with E-state index in [-0.39, 0.29) is 11.3 Å². The number of anilines is 1. The quantitative estimate of drug-likeness (QED) is 0.867. The van der Waals surface area contributed by atoms with Crippen LogP contribution in [-0.2, 0) is 0 Å². The van der Waals surface area contributed by atoms with Crippen molar-refractivity contribution >= 4 is 17.4 Å². The molecule has 0 atom stereocenters. The smallest absolute Gasteiger partial charge is 0.255 e. The maximum atomic E-state index is 13.5. The van der Waals surface area contributed by atoms with E-state index < -0.39 is 11.7 Å². The van der Waals surface area contributed by atoms with Gasteiger partial charge in [-0.15, -0.1) is 0 Å². The Bertz CT molecular complexity index is 680. The molecule has 0 bridgehead atoms. The highest BCUT2D eigenvalue weighted by Gasteiger charge is 2.12. The molecule has 0 aromatic heterocycles. The van der Waals surface area contributed by atoms with Gasteiger partial charge in [-0.05, 0) is 43.7 Å². The Morgan fingerprint density at radius 3 is 2.45 bits per heavy atom. The van der Waals surface area contributed by atoms with Gasteiger partial charge in [-0.1, -0.05) is 18.2 Å². The standard InChI is InChI=1S/C16H14FNO2/c1-10-7-8-12(9-14(10)17)16(20)18-15-6-4-3-5-13(15)11(2)19/h3-9H,1-2H3,(H,18,20). The molecule has 0 aliphatic rings. The minimum atomic E-state index is -0.447. The minimum absolute atomic E-state index is 0.143. The van der Waals surface area contributed by atoms with Gasteiger partial charge in [0.2, 0.25) is 0 Å². The summed E-state index contributed by atoms with van der Waals surface area (Å²) in [5, 5.41) is 2.63. The maximum absolute atomic E-state index is 13.5. The van der Waals surface area contributed by atoms with E-state index >= 15 is 0 Å². The number of Topliss-reactive ketones (excluding diaryl/α,β-unsaturated/α-hetero) is 1. The molecule has 102 valence electrons. The van der Waals surface area contributed by atoms with E-state index in [9.17, 15) is 14.0 Å². The van der Waals surface area contributed by atoms with Gasteiger partial charge in [-0.25, -0.2) is 4.39 Å². The second-order valence-electron chi connectivity index (χ2n) is 4.52. The summed E-state index contributed by atoms with van der Waals surface area (Å²) in [5.74, 6) is -1.02. The van der Waals surface area contributed by atoms with E-state index in [4.69, 9.17) is 0 Å². The number of hydrogen-bond donors (Lipinski definition) is 1. The van der Waals surface area contributed by atoms with Crippen molar-refractivity contribution < 1.29 is 14.0 Å². The van der Waals surface area contributed by atoms with Gasteiger partial charge in [0, 0.05) is 11.1 Å². The van der Waals surface area contributed by atoms with Gasteiger partial charge < -0.3 is 5.32 Å². The normalized spacial score (nSPS) is 10.2. The summed E-state index contributed by atoms with van der Waals surface area (Å²) < 4.78 is 13.5. The van der Waals surface area contributed by atoms with Crippen LogP contribution in [0.3, 0.4) is 0 Å². The number of benzene rings is 2. The zero-order valence-corrected chi connectivity index (χ0v) is 11.2. The average molecular weight is 271 g/mol. The molecule has 1 amide bonds. The lowest BCUT2D eigenvalue weighted by Gasteiger charge is -2.09. The molecule has 0 spiro atoms. The number of amides is 1. The second kappa shape index (κ2) is 5.65. The first kappa shape index (κ1) is 13.9. The fourth-order valence-corrected chi connectivity index (χ4v) is 1.83. The Hall–Kier alpha value is -2.49. The minimum Gasteiger partial charge on any atom is -0.321 e. The van der Waals surface area contributed by atoms with Gasteiger partial charge in [-0.3, -0.25) is 9.59 Å². The third kappa shape index (κ3) is 2.91. The van der Waals surface area contributed by atoms with Crippen LogP contribution in [0.1, 0.15) is 33.2 Å². The summed E-state index contributed by atoms with van der Waals surface area (Å²) in [4.78, 5) is 23.5. The van der Waals surface area contributed by atoms with E-state index in [1.54, 1.807) is 43.3 Å². The number of rotatable bonds is 3. The number of ketones is 1. The third-order valence-corrected chi connectivity index (χ3v) is 2.99. The maximum Gasteiger partial charge on any atom is 0.255 e. The number of halogens is 1. The number of carbonyl (C=O) groups excluding carboxylic acids is 2. The summed E-state index contributed by atoms with van der Waals surface area (Å²) in [6.07, 6.45) is 0. The van der Waals surface area contributed by atoms with Gasteiger partial charge in [0.05, 0.1) is 5.69 Å². The van der Waals surface area contributed by atoms with Crippen LogP contribution in [-0.4, -0.2) is 11.7 Å². The predicted octanol–water partition coefficient (Wildman–Crippen LogP) is 3.59. The molecule has 0 saturated heterocycles. The van der Waals surface area contributed by atoms with Crippen LogP contribution in [0.4, 0.5) is 10.1 Å². The molecule has 1 N–H and O–H groups in total.